The number of rotatable bonds is 7. The van der Waals surface area contributed by atoms with Gasteiger partial charge in [-0.2, -0.15) is 0 Å². The van der Waals surface area contributed by atoms with E-state index in [4.69, 9.17) is 4.43 Å². The van der Waals surface area contributed by atoms with E-state index in [9.17, 15) is 10.2 Å². The Morgan fingerprint density at radius 2 is 1.22 bits per heavy atom. The van der Waals surface area contributed by atoms with E-state index >= 15 is 0 Å². The van der Waals surface area contributed by atoms with Crippen LogP contribution in [0.2, 0.25) is 16.6 Å². The van der Waals surface area contributed by atoms with E-state index in [2.05, 4.69) is 41.5 Å². The highest BCUT2D eigenvalue weighted by atomic mass is 28.4. The summed E-state index contributed by atoms with van der Waals surface area (Å²) in [6.07, 6.45) is 3.90. The molecule has 0 heterocycles. The highest BCUT2D eigenvalue weighted by Crippen LogP contribution is 2.43. The summed E-state index contributed by atoms with van der Waals surface area (Å²) < 4.78 is 6.69. The van der Waals surface area contributed by atoms with Crippen LogP contribution in [0.15, 0.2) is 42.5 Å². The topological polar surface area (TPSA) is 49.7 Å². The first-order valence-corrected chi connectivity index (χ1v) is 11.8. The molecule has 146 valence electrons. The Balaban J connectivity index is 2.34. The Labute approximate surface area is 164 Å². The molecule has 4 heteroatoms. The summed E-state index contributed by atoms with van der Waals surface area (Å²) in [5.74, 6) is 1.19. The second kappa shape index (κ2) is 8.66. The van der Waals surface area contributed by atoms with Crippen LogP contribution < -0.4 is 4.43 Å². The lowest BCUT2D eigenvalue weighted by Gasteiger charge is -2.42. The Kier molecular flexibility index (Phi) is 6.77. The first kappa shape index (κ1) is 21.1. The third-order valence-electron chi connectivity index (χ3n) is 5.28. The largest absolute Gasteiger partial charge is 0.543 e. The molecule has 2 rings (SSSR count). The fourth-order valence-corrected chi connectivity index (χ4v) is 9.33. The number of hydrogen-bond donors (Lipinski definition) is 2. The Hall–Kier alpha value is -2.20. The molecule has 2 N–H and O–H groups in total. The minimum atomic E-state index is -2.07. The number of phenolic OH excluding ortho intramolecular Hbond substituents is 2. The summed E-state index contributed by atoms with van der Waals surface area (Å²) in [6.45, 7) is 13.5. The first-order chi connectivity index (χ1) is 12.6. The first-order valence-electron chi connectivity index (χ1n) is 9.65. The predicted octanol–water partition coefficient (Wildman–Crippen LogP) is 6.82. The smallest absolute Gasteiger partial charge is 0.258 e. The van der Waals surface area contributed by atoms with Gasteiger partial charge in [0, 0.05) is 6.07 Å². The van der Waals surface area contributed by atoms with E-state index in [-0.39, 0.29) is 11.5 Å². The predicted molar refractivity (Wildman–Crippen MR) is 117 cm³/mol. The normalized spacial score (nSPS) is 12.5. The van der Waals surface area contributed by atoms with Gasteiger partial charge in [-0.15, -0.1) is 0 Å². The van der Waals surface area contributed by atoms with Gasteiger partial charge >= 0.3 is 0 Å². The van der Waals surface area contributed by atoms with Crippen molar-refractivity contribution in [3.8, 4) is 17.2 Å². The zero-order valence-corrected chi connectivity index (χ0v) is 18.2. The van der Waals surface area contributed by atoms with Crippen molar-refractivity contribution in [3.05, 3.63) is 53.6 Å². The van der Waals surface area contributed by atoms with Crippen molar-refractivity contribution in [2.45, 2.75) is 58.2 Å². The minimum absolute atomic E-state index is 0.206. The summed E-state index contributed by atoms with van der Waals surface area (Å²) in [6, 6.07) is 12.4. The third kappa shape index (κ3) is 4.95. The van der Waals surface area contributed by atoms with Crippen LogP contribution >= 0.6 is 0 Å². The summed E-state index contributed by atoms with van der Waals surface area (Å²) in [4.78, 5) is 0. The highest BCUT2D eigenvalue weighted by Gasteiger charge is 2.47. The highest BCUT2D eigenvalue weighted by molar-refractivity contribution is 6.78. The van der Waals surface area contributed by atoms with Gasteiger partial charge in [-0.25, -0.2) is 0 Å². The molecule has 2 aromatic carbocycles. The van der Waals surface area contributed by atoms with Crippen molar-refractivity contribution in [2.75, 3.05) is 0 Å². The molecular formula is C23H32O3Si. The Morgan fingerprint density at radius 3 is 1.74 bits per heavy atom. The average molecular weight is 385 g/mol. The van der Waals surface area contributed by atoms with Crippen molar-refractivity contribution in [2.24, 2.45) is 0 Å². The maximum atomic E-state index is 10.2. The Morgan fingerprint density at radius 1 is 0.704 bits per heavy atom. The molecule has 0 saturated heterocycles. The molecule has 0 aromatic heterocycles. The molecule has 0 amide bonds. The molecule has 0 spiro atoms. The number of aromatic hydroxyl groups is 2. The van der Waals surface area contributed by atoms with Crippen LogP contribution in [-0.2, 0) is 0 Å². The molecular weight excluding hydrogens is 352 g/mol. The van der Waals surface area contributed by atoms with Crippen LogP contribution in [0.4, 0.5) is 0 Å². The van der Waals surface area contributed by atoms with Crippen molar-refractivity contribution in [3.63, 3.8) is 0 Å². The molecule has 0 bridgehead atoms. The van der Waals surface area contributed by atoms with E-state index in [1.165, 1.54) is 0 Å². The van der Waals surface area contributed by atoms with Gasteiger partial charge in [-0.1, -0.05) is 65.8 Å². The molecule has 0 aliphatic rings. The molecule has 3 nitrogen and oxygen atoms in total. The standard InChI is InChI=1S/C23H32O3Si/c1-16(2)27(17(3)4,18(5)6)26-23-14-20(13-22(25)15-23)8-7-19-9-11-21(24)12-10-19/h7-18,24-25H,1-6H3/b8-7+. The van der Waals surface area contributed by atoms with Crippen LogP contribution in [0, 0.1) is 0 Å². The monoisotopic (exact) mass is 384 g/mol. The van der Waals surface area contributed by atoms with E-state index < -0.39 is 8.32 Å². The third-order valence-corrected chi connectivity index (χ3v) is 11.3. The summed E-state index contributed by atoms with van der Waals surface area (Å²) >= 11 is 0. The fraction of sp³-hybridized carbons (Fsp3) is 0.391. The number of hydrogen-bond acceptors (Lipinski definition) is 3. The summed E-state index contributed by atoms with van der Waals surface area (Å²) in [7, 11) is -2.07. The molecule has 0 radical (unpaired) electrons. The second-order valence-corrected chi connectivity index (χ2v) is 13.5. The zero-order valence-electron chi connectivity index (χ0n) is 17.2. The quantitative estimate of drug-likeness (QED) is 0.406. The van der Waals surface area contributed by atoms with Crippen molar-refractivity contribution in [1.82, 2.24) is 0 Å². The van der Waals surface area contributed by atoms with E-state index in [1.807, 2.05) is 30.4 Å². The molecule has 0 fully saturated rings. The minimum Gasteiger partial charge on any atom is -0.543 e. The second-order valence-electron chi connectivity index (χ2n) is 8.10. The Bertz CT molecular complexity index is 755. The van der Waals surface area contributed by atoms with Gasteiger partial charge < -0.3 is 14.6 Å². The molecule has 0 aliphatic heterocycles. The molecule has 2 aromatic rings. The van der Waals surface area contributed by atoms with Crippen molar-refractivity contribution < 1.29 is 14.6 Å². The van der Waals surface area contributed by atoms with Gasteiger partial charge in [0.05, 0.1) is 0 Å². The molecule has 0 saturated carbocycles. The lowest BCUT2D eigenvalue weighted by Crippen LogP contribution is -2.50. The molecule has 27 heavy (non-hydrogen) atoms. The lowest BCUT2D eigenvalue weighted by molar-refractivity contribution is 0.456. The van der Waals surface area contributed by atoms with E-state index in [0.29, 0.717) is 16.6 Å². The van der Waals surface area contributed by atoms with Crippen molar-refractivity contribution in [1.29, 1.82) is 0 Å². The van der Waals surface area contributed by atoms with Gasteiger partial charge in [-0.3, -0.25) is 0 Å². The van der Waals surface area contributed by atoms with Crippen LogP contribution in [0.25, 0.3) is 12.2 Å². The van der Waals surface area contributed by atoms with Crippen LogP contribution in [0.1, 0.15) is 52.7 Å². The van der Waals surface area contributed by atoms with Crippen molar-refractivity contribution >= 4 is 20.5 Å². The maximum Gasteiger partial charge on any atom is 0.258 e. The van der Waals surface area contributed by atoms with E-state index in [1.54, 1.807) is 24.3 Å². The number of phenols is 2. The SMILES string of the molecule is CC(C)[Si](Oc1cc(O)cc(/C=C/c2ccc(O)cc2)c1)(C(C)C)C(C)C. The van der Waals surface area contributed by atoms with Crippen LogP contribution in [0.5, 0.6) is 17.2 Å². The van der Waals surface area contributed by atoms with Gasteiger partial charge in [0.15, 0.2) is 0 Å². The van der Waals surface area contributed by atoms with Gasteiger partial charge in [0.1, 0.15) is 17.2 Å². The molecule has 0 atom stereocenters. The number of benzene rings is 2. The maximum absolute atomic E-state index is 10.2. The van der Waals surface area contributed by atoms with E-state index in [0.717, 1.165) is 16.9 Å². The molecule has 0 aliphatic carbocycles. The summed E-state index contributed by atoms with van der Waals surface area (Å²) in [5, 5.41) is 19.6. The zero-order chi connectivity index (χ0) is 20.2. The fourth-order valence-electron chi connectivity index (χ4n) is 4.10. The van der Waals surface area contributed by atoms with Crippen LogP contribution in [0.3, 0.4) is 0 Å². The van der Waals surface area contributed by atoms with Gasteiger partial charge in [-0.05, 0) is 52.0 Å². The van der Waals surface area contributed by atoms with Gasteiger partial charge in [0.2, 0.25) is 0 Å². The van der Waals surface area contributed by atoms with Crippen LogP contribution in [-0.4, -0.2) is 18.5 Å². The lowest BCUT2D eigenvalue weighted by atomic mass is 10.1. The average Bonchev–Trinajstić information content (AvgIpc) is 2.58. The van der Waals surface area contributed by atoms with Gasteiger partial charge in [0.25, 0.3) is 8.32 Å². The molecule has 0 unspecified atom stereocenters. The summed E-state index contributed by atoms with van der Waals surface area (Å²) in [5.41, 5.74) is 3.27.